The second kappa shape index (κ2) is 15.9. The first-order chi connectivity index (χ1) is 18.1. The van der Waals surface area contributed by atoms with Gasteiger partial charge in [-0.05, 0) is 59.7 Å². The molecule has 0 amide bonds. The lowest BCUT2D eigenvalue weighted by molar-refractivity contribution is -0.148. The minimum absolute atomic E-state index is 0.0979. The van der Waals surface area contributed by atoms with Crippen molar-refractivity contribution in [2.75, 3.05) is 6.61 Å². The largest absolute Gasteiger partial charge is 0.494 e. The van der Waals surface area contributed by atoms with Crippen LogP contribution in [0.3, 0.4) is 0 Å². The van der Waals surface area contributed by atoms with Gasteiger partial charge in [0.05, 0.1) is 6.61 Å². The van der Waals surface area contributed by atoms with Gasteiger partial charge in [-0.15, -0.1) is 0 Å². The topological polar surface area (TPSA) is 35.5 Å². The van der Waals surface area contributed by atoms with Gasteiger partial charge in [-0.25, -0.2) is 0 Å². The van der Waals surface area contributed by atoms with E-state index in [-0.39, 0.29) is 12.1 Å². The van der Waals surface area contributed by atoms with Crippen molar-refractivity contribution < 1.29 is 14.3 Å². The fraction of sp³-hybridized carbons (Fsp3) is 0.441. The summed E-state index contributed by atoms with van der Waals surface area (Å²) in [6, 6.07) is 25.1. The Morgan fingerprint density at radius 3 is 1.78 bits per heavy atom. The molecule has 0 radical (unpaired) electrons. The molecule has 1 unspecified atom stereocenters. The van der Waals surface area contributed by atoms with Crippen LogP contribution in [0.2, 0.25) is 0 Å². The van der Waals surface area contributed by atoms with Crippen molar-refractivity contribution in [1.82, 2.24) is 0 Å². The molecule has 0 N–H and O–H groups in total. The normalized spacial score (nSPS) is 11.8. The fourth-order valence-electron chi connectivity index (χ4n) is 4.60. The quantitative estimate of drug-likeness (QED) is 0.145. The van der Waals surface area contributed by atoms with Crippen LogP contribution in [-0.2, 0) is 9.53 Å². The van der Waals surface area contributed by atoms with Gasteiger partial charge in [0.1, 0.15) is 11.9 Å². The van der Waals surface area contributed by atoms with Gasteiger partial charge in [0.2, 0.25) is 0 Å². The molecule has 37 heavy (non-hydrogen) atoms. The molecule has 0 bridgehead atoms. The van der Waals surface area contributed by atoms with Gasteiger partial charge in [0.15, 0.2) is 0 Å². The third-order valence-corrected chi connectivity index (χ3v) is 6.80. The zero-order chi connectivity index (χ0) is 26.3. The standard InChI is InChI=1S/C34H44O3/c1-4-6-7-8-9-10-11-12-17-34(35)37-27(3)28-18-20-29(21-19-28)32-15-13-14-16-33(32)30-22-24-31(25-23-30)36-26-5-2/h13-16,18-25,27H,4-12,17,26H2,1-3H3. The summed E-state index contributed by atoms with van der Waals surface area (Å²) in [4.78, 5) is 12.3. The van der Waals surface area contributed by atoms with Gasteiger partial charge in [0, 0.05) is 6.42 Å². The molecule has 3 aromatic carbocycles. The lowest BCUT2D eigenvalue weighted by atomic mass is 9.94. The van der Waals surface area contributed by atoms with E-state index in [1.165, 1.54) is 49.7 Å². The van der Waals surface area contributed by atoms with E-state index in [1.54, 1.807) is 0 Å². The first-order valence-electron chi connectivity index (χ1n) is 14.2. The highest BCUT2D eigenvalue weighted by molar-refractivity contribution is 5.83. The maximum Gasteiger partial charge on any atom is 0.306 e. The first-order valence-corrected chi connectivity index (χ1v) is 14.2. The Morgan fingerprint density at radius 1 is 0.676 bits per heavy atom. The average molecular weight is 501 g/mol. The summed E-state index contributed by atoms with van der Waals surface area (Å²) in [7, 11) is 0. The number of rotatable bonds is 16. The number of unbranched alkanes of at least 4 members (excludes halogenated alkanes) is 7. The smallest absolute Gasteiger partial charge is 0.306 e. The van der Waals surface area contributed by atoms with Gasteiger partial charge in [-0.1, -0.05) is 119 Å². The molecule has 0 saturated carbocycles. The molecule has 0 aliphatic heterocycles. The van der Waals surface area contributed by atoms with Crippen LogP contribution in [-0.4, -0.2) is 12.6 Å². The first kappa shape index (κ1) is 28.5. The molecular formula is C34H44O3. The number of benzene rings is 3. The summed E-state index contributed by atoms with van der Waals surface area (Å²) in [5.41, 5.74) is 5.68. The molecule has 3 aromatic rings. The maximum atomic E-state index is 12.3. The van der Waals surface area contributed by atoms with Gasteiger partial charge in [-0.2, -0.15) is 0 Å². The number of esters is 1. The predicted molar refractivity (Wildman–Crippen MR) is 155 cm³/mol. The van der Waals surface area contributed by atoms with Crippen LogP contribution in [0.5, 0.6) is 5.75 Å². The number of hydrogen-bond acceptors (Lipinski definition) is 3. The highest BCUT2D eigenvalue weighted by Crippen LogP contribution is 2.33. The zero-order valence-corrected chi connectivity index (χ0v) is 23.0. The summed E-state index contributed by atoms with van der Waals surface area (Å²) >= 11 is 0. The molecule has 0 aromatic heterocycles. The monoisotopic (exact) mass is 500 g/mol. The van der Waals surface area contributed by atoms with Gasteiger partial charge >= 0.3 is 5.97 Å². The van der Waals surface area contributed by atoms with Crippen LogP contribution in [0, 0.1) is 0 Å². The number of hydrogen-bond donors (Lipinski definition) is 0. The van der Waals surface area contributed by atoms with Crippen molar-refractivity contribution in [3.8, 4) is 28.0 Å². The van der Waals surface area contributed by atoms with Crippen LogP contribution in [0.1, 0.15) is 96.6 Å². The lowest BCUT2D eigenvalue weighted by Crippen LogP contribution is -2.08. The van der Waals surface area contributed by atoms with E-state index in [4.69, 9.17) is 9.47 Å². The van der Waals surface area contributed by atoms with Crippen LogP contribution >= 0.6 is 0 Å². The zero-order valence-electron chi connectivity index (χ0n) is 23.0. The van der Waals surface area contributed by atoms with E-state index in [0.717, 1.165) is 48.3 Å². The molecule has 0 heterocycles. The Kier molecular flexibility index (Phi) is 12.3. The SMILES string of the molecule is CCCCCCCCCCC(=O)OC(C)c1ccc(-c2ccccc2-c2ccc(OCCC)cc2)cc1. The molecule has 3 heteroatoms. The van der Waals surface area contributed by atoms with Crippen molar-refractivity contribution in [2.45, 2.75) is 91.1 Å². The van der Waals surface area contributed by atoms with Crippen LogP contribution in [0.15, 0.2) is 72.8 Å². The van der Waals surface area contributed by atoms with Crippen molar-refractivity contribution in [2.24, 2.45) is 0 Å². The highest BCUT2D eigenvalue weighted by atomic mass is 16.5. The molecule has 3 nitrogen and oxygen atoms in total. The van der Waals surface area contributed by atoms with Crippen LogP contribution in [0.4, 0.5) is 0 Å². The van der Waals surface area contributed by atoms with Gasteiger partial charge in [0.25, 0.3) is 0 Å². The summed E-state index contributed by atoms with van der Waals surface area (Å²) in [6.07, 6.45) is 11.0. The molecule has 0 aliphatic rings. The second-order valence-electron chi connectivity index (χ2n) is 9.90. The van der Waals surface area contributed by atoms with E-state index in [1.807, 2.05) is 19.1 Å². The summed E-state index contributed by atoms with van der Waals surface area (Å²) in [5.74, 6) is 0.803. The number of carbonyl (C=O) groups is 1. The van der Waals surface area contributed by atoms with Crippen molar-refractivity contribution in [1.29, 1.82) is 0 Å². The van der Waals surface area contributed by atoms with Crippen LogP contribution in [0.25, 0.3) is 22.3 Å². The van der Waals surface area contributed by atoms with Crippen LogP contribution < -0.4 is 4.74 Å². The van der Waals surface area contributed by atoms with E-state index < -0.39 is 0 Å². The Bertz CT molecular complexity index is 1050. The Labute approximate surface area is 224 Å². The fourth-order valence-corrected chi connectivity index (χ4v) is 4.60. The highest BCUT2D eigenvalue weighted by Gasteiger charge is 2.13. The molecule has 0 fully saturated rings. The van der Waals surface area contributed by atoms with Crippen molar-refractivity contribution >= 4 is 5.97 Å². The Morgan fingerprint density at radius 2 is 1.22 bits per heavy atom. The Hall–Kier alpha value is -3.07. The molecule has 0 saturated heterocycles. The molecule has 0 aliphatic carbocycles. The lowest BCUT2D eigenvalue weighted by Gasteiger charge is -2.15. The van der Waals surface area contributed by atoms with E-state index in [0.29, 0.717) is 6.42 Å². The van der Waals surface area contributed by atoms with Crippen molar-refractivity contribution in [3.05, 3.63) is 78.4 Å². The molecule has 1 atom stereocenters. The Balaban J connectivity index is 1.53. The summed E-state index contributed by atoms with van der Waals surface area (Å²) < 4.78 is 11.5. The number of carbonyl (C=O) groups excluding carboxylic acids is 1. The van der Waals surface area contributed by atoms with E-state index >= 15 is 0 Å². The minimum Gasteiger partial charge on any atom is -0.494 e. The van der Waals surface area contributed by atoms with Crippen molar-refractivity contribution in [3.63, 3.8) is 0 Å². The average Bonchev–Trinajstić information content (AvgIpc) is 2.93. The summed E-state index contributed by atoms with van der Waals surface area (Å²) in [5, 5.41) is 0. The minimum atomic E-state index is -0.249. The summed E-state index contributed by atoms with van der Waals surface area (Å²) in [6.45, 7) is 7.04. The second-order valence-corrected chi connectivity index (χ2v) is 9.90. The third kappa shape index (κ3) is 9.39. The third-order valence-electron chi connectivity index (χ3n) is 6.80. The molecule has 3 rings (SSSR count). The molecular weight excluding hydrogens is 456 g/mol. The predicted octanol–water partition coefficient (Wildman–Crippen LogP) is 9.94. The van der Waals surface area contributed by atoms with Gasteiger partial charge in [-0.3, -0.25) is 4.79 Å². The van der Waals surface area contributed by atoms with E-state index in [2.05, 4.69) is 74.5 Å². The molecule has 0 spiro atoms. The van der Waals surface area contributed by atoms with Gasteiger partial charge < -0.3 is 9.47 Å². The number of ether oxygens (including phenoxy) is 2. The molecule has 198 valence electrons. The maximum absolute atomic E-state index is 12.3. The van der Waals surface area contributed by atoms with E-state index in [9.17, 15) is 4.79 Å².